The summed E-state index contributed by atoms with van der Waals surface area (Å²) in [5.41, 5.74) is 3.34. The summed E-state index contributed by atoms with van der Waals surface area (Å²) in [4.78, 5) is 21.4. The monoisotopic (exact) mass is 398 g/mol. The van der Waals surface area contributed by atoms with E-state index in [4.69, 9.17) is 9.47 Å². The molecule has 0 saturated heterocycles. The van der Waals surface area contributed by atoms with Gasteiger partial charge in [0.1, 0.15) is 13.2 Å². The Morgan fingerprint density at radius 1 is 0.900 bits per heavy atom. The smallest absolute Gasteiger partial charge is 0.257 e. The summed E-state index contributed by atoms with van der Waals surface area (Å²) in [5.74, 6) is 1.16. The number of nitrogens with one attached hydrogen (secondary N) is 2. The standard InChI is InChI=1S/C23H18N4O3/c28-23(27-19-5-1-3-15-4-2-8-25-22(15)19)16-11-18(14-24-13-16)26-17-6-7-20-21(12-17)30-10-9-29-20/h1-8,11-14,26H,9-10H2,(H,27,28). The van der Waals surface area contributed by atoms with Crippen molar-refractivity contribution in [2.24, 2.45) is 0 Å². The molecule has 4 aromatic rings. The lowest BCUT2D eigenvalue weighted by atomic mass is 10.1. The topological polar surface area (TPSA) is 85.4 Å². The third kappa shape index (κ3) is 3.60. The van der Waals surface area contributed by atoms with Gasteiger partial charge >= 0.3 is 0 Å². The van der Waals surface area contributed by atoms with E-state index in [2.05, 4.69) is 20.6 Å². The molecule has 148 valence electrons. The first-order valence-corrected chi connectivity index (χ1v) is 9.53. The number of para-hydroxylation sites is 1. The van der Waals surface area contributed by atoms with E-state index in [1.807, 2.05) is 48.5 Å². The van der Waals surface area contributed by atoms with Crippen LogP contribution in [0.15, 0.2) is 73.2 Å². The molecule has 0 saturated carbocycles. The fourth-order valence-electron chi connectivity index (χ4n) is 3.32. The molecule has 0 fully saturated rings. The largest absolute Gasteiger partial charge is 0.486 e. The number of anilines is 3. The zero-order chi connectivity index (χ0) is 20.3. The molecule has 0 aliphatic carbocycles. The predicted octanol–water partition coefficient (Wildman–Crippen LogP) is 4.40. The number of nitrogens with zero attached hydrogens (tertiary/aromatic N) is 2. The predicted molar refractivity (Wildman–Crippen MR) is 115 cm³/mol. The number of hydrogen-bond donors (Lipinski definition) is 2. The Labute approximate surface area is 172 Å². The third-order valence-corrected chi connectivity index (χ3v) is 4.71. The highest BCUT2D eigenvalue weighted by atomic mass is 16.6. The second-order valence-corrected chi connectivity index (χ2v) is 6.78. The number of carbonyl (C=O) groups is 1. The van der Waals surface area contributed by atoms with Gasteiger partial charge in [-0.25, -0.2) is 0 Å². The molecule has 1 aliphatic rings. The maximum absolute atomic E-state index is 12.8. The van der Waals surface area contributed by atoms with E-state index >= 15 is 0 Å². The maximum Gasteiger partial charge on any atom is 0.257 e. The number of hydrogen-bond acceptors (Lipinski definition) is 6. The number of aromatic nitrogens is 2. The van der Waals surface area contributed by atoms with Gasteiger partial charge in [0.25, 0.3) is 5.91 Å². The maximum atomic E-state index is 12.8. The molecule has 0 bridgehead atoms. The van der Waals surface area contributed by atoms with Crippen LogP contribution in [0.5, 0.6) is 11.5 Å². The van der Waals surface area contributed by atoms with Crippen LogP contribution in [0.4, 0.5) is 17.1 Å². The van der Waals surface area contributed by atoms with Crippen molar-refractivity contribution in [3.05, 3.63) is 78.8 Å². The van der Waals surface area contributed by atoms with Crippen molar-refractivity contribution >= 4 is 33.9 Å². The SMILES string of the molecule is O=C(Nc1cccc2cccnc12)c1cncc(Nc2ccc3c(c2)OCCO3)c1. The average Bonchev–Trinajstić information content (AvgIpc) is 2.79. The van der Waals surface area contributed by atoms with E-state index in [1.165, 1.54) is 6.20 Å². The molecule has 1 amide bonds. The molecule has 2 aromatic heterocycles. The molecule has 30 heavy (non-hydrogen) atoms. The van der Waals surface area contributed by atoms with Crippen molar-refractivity contribution in [1.82, 2.24) is 9.97 Å². The molecule has 1 aliphatic heterocycles. The first kappa shape index (κ1) is 17.9. The van der Waals surface area contributed by atoms with Crippen LogP contribution in [-0.4, -0.2) is 29.1 Å². The molecule has 0 radical (unpaired) electrons. The number of ether oxygens (including phenoxy) is 2. The molecule has 3 heterocycles. The van der Waals surface area contributed by atoms with Crippen LogP contribution in [0.3, 0.4) is 0 Å². The van der Waals surface area contributed by atoms with Gasteiger partial charge in [-0.05, 0) is 30.3 Å². The molecule has 0 unspecified atom stereocenters. The molecule has 7 heteroatoms. The number of carbonyl (C=O) groups excluding carboxylic acids is 1. The van der Waals surface area contributed by atoms with E-state index in [-0.39, 0.29) is 5.91 Å². The lowest BCUT2D eigenvalue weighted by molar-refractivity contribution is 0.102. The summed E-state index contributed by atoms with van der Waals surface area (Å²) in [6, 6.07) is 16.9. The molecule has 0 spiro atoms. The summed E-state index contributed by atoms with van der Waals surface area (Å²) >= 11 is 0. The Morgan fingerprint density at radius 3 is 2.70 bits per heavy atom. The van der Waals surface area contributed by atoms with Crippen molar-refractivity contribution in [1.29, 1.82) is 0 Å². The van der Waals surface area contributed by atoms with Crippen LogP contribution in [0.25, 0.3) is 10.9 Å². The van der Waals surface area contributed by atoms with E-state index in [9.17, 15) is 4.79 Å². The Morgan fingerprint density at radius 2 is 1.77 bits per heavy atom. The quantitative estimate of drug-likeness (QED) is 0.530. The highest BCUT2D eigenvalue weighted by Gasteiger charge is 2.13. The average molecular weight is 398 g/mol. The van der Waals surface area contributed by atoms with Crippen molar-refractivity contribution in [3.8, 4) is 11.5 Å². The van der Waals surface area contributed by atoms with Gasteiger partial charge in [0.15, 0.2) is 11.5 Å². The van der Waals surface area contributed by atoms with Gasteiger partial charge in [0.2, 0.25) is 0 Å². The lowest BCUT2D eigenvalue weighted by Crippen LogP contribution is -2.15. The van der Waals surface area contributed by atoms with E-state index in [0.717, 1.165) is 22.3 Å². The molecule has 2 aromatic carbocycles. The van der Waals surface area contributed by atoms with Gasteiger partial charge in [0, 0.05) is 29.5 Å². The summed E-state index contributed by atoms with van der Waals surface area (Å²) in [6.07, 6.45) is 4.90. The van der Waals surface area contributed by atoms with Crippen LogP contribution >= 0.6 is 0 Å². The molecular formula is C23H18N4O3. The minimum atomic E-state index is -0.258. The molecule has 2 N–H and O–H groups in total. The minimum Gasteiger partial charge on any atom is -0.486 e. The van der Waals surface area contributed by atoms with Gasteiger partial charge in [-0.2, -0.15) is 0 Å². The zero-order valence-corrected chi connectivity index (χ0v) is 16.0. The van der Waals surface area contributed by atoms with Gasteiger partial charge in [0.05, 0.1) is 28.7 Å². The van der Waals surface area contributed by atoms with Gasteiger partial charge in [-0.3, -0.25) is 14.8 Å². The summed E-state index contributed by atoms with van der Waals surface area (Å²) in [6.45, 7) is 1.07. The number of amides is 1. The van der Waals surface area contributed by atoms with Crippen molar-refractivity contribution in [2.45, 2.75) is 0 Å². The van der Waals surface area contributed by atoms with Crippen LogP contribution in [0, 0.1) is 0 Å². The van der Waals surface area contributed by atoms with Crippen LogP contribution in [-0.2, 0) is 0 Å². The molecule has 0 atom stereocenters. The van der Waals surface area contributed by atoms with Gasteiger partial charge in [-0.1, -0.05) is 18.2 Å². The zero-order valence-electron chi connectivity index (χ0n) is 16.0. The number of pyridine rings is 2. The third-order valence-electron chi connectivity index (χ3n) is 4.71. The Kier molecular flexibility index (Phi) is 4.61. The summed E-state index contributed by atoms with van der Waals surface area (Å²) < 4.78 is 11.2. The van der Waals surface area contributed by atoms with E-state index < -0.39 is 0 Å². The highest BCUT2D eigenvalue weighted by molar-refractivity contribution is 6.08. The van der Waals surface area contributed by atoms with Gasteiger partial charge < -0.3 is 20.1 Å². The lowest BCUT2D eigenvalue weighted by Gasteiger charge is -2.19. The Balaban J connectivity index is 1.36. The van der Waals surface area contributed by atoms with Crippen molar-refractivity contribution in [3.63, 3.8) is 0 Å². The number of benzene rings is 2. The second kappa shape index (κ2) is 7.71. The number of rotatable bonds is 4. The Hall–Kier alpha value is -4.13. The summed E-state index contributed by atoms with van der Waals surface area (Å²) in [7, 11) is 0. The minimum absolute atomic E-state index is 0.258. The second-order valence-electron chi connectivity index (χ2n) is 6.78. The highest BCUT2D eigenvalue weighted by Crippen LogP contribution is 2.33. The van der Waals surface area contributed by atoms with Crippen molar-refractivity contribution in [2.75, 3.05) is 23.8 Å². The first-order valence-electron chi connectivity index (χ1n) is 9.53. The fraction of sp³-hybridized carbons (Fsp3) is 0.0870. The van der Waals surface area contributed by atoms with Crippen LogP contribution in [0.1, 0.15) is 10.4 Å². The van der Waals surface area contributed by atoms with Crippen molar-refractivity contribution < 1.29 is 14.3 Å². The van der Waals surface area contributed by atoms with Crippen LogP contribution in [0.2, 0.25) is 0 Å². The fourth-order valence-corrected chi connectivity index (χ4v) is 3.32. The van der Waals surface area contributed by atoms with Gasteiger partial charge in [-0.15, -0.1) is 0 Å². The normalized spacial score (nSPS) is 12.4. The van der Waals surface area contributed by atoms with E-state index in [1.54, 1.807) is 18.5 Å². The van der Waals surface area contributed by atoms with E-state index in [0.29, 0.717) is 35.9 Å². The Bertz CT molecular complexity index is 1240. The van der Waals surface area contributed by atoms with Crippen LogP contribution < -0.4 is 20.1 Å². The molecular weight excluding hydrogens is 380 g/mol. The summed E-state index contributed by atoms with van der Waals surface area (Å²) in [5, 5.41) is 7.14. The molecule has 5 rings (SSSR count). The molecule has 7 nitrogen and oxygen atoms in total. The number of fused-ring (bicyclic) bond motifs is 2. The first-order chi connectivity index (χ1) is 14.8.